The number of ketones is 1. The fourth-order valence-electron chi connectivity index (χ4n) is 3.28. The molecule has 0 saturated carbocycles. The Hall–Kier alpha value is -3.68. The van der Waals surface area contributed by atoms with Crippen molar-refractivity contribution in [3.05, 3.63) is 47.0 Å². The van der Waals surface area contributed by atoms with Crippen LogP contribution in [0.1, 0.15) is 15.9 Å². The summed E-state index contributed by atoms with van der Waals surface area (Å²) in [6, 6.07) is 7.96. The van der Waals surface area contributed by atoms with Gasteiger partial charge in [0.15, 0.2) is 28.8 Å². The summed E-state index contributed by atoms with van der Waals surface area (Å²) in [6.07, 6.45) is 1.54. The molecule has 2 aromatic rings. The molecular weight excluding hydrogens is 380 g/mol. The minimum absolute atomic E-state index is 0.0513. The van der Waals surface area contributed by atoms with E-state index in [0.717, 1.165) is 0 Å². The third-order valence-corrected chi connectivity index (χ3v) is 4.79. The molecule has 8 nitrogen and oxygen atoms in total. The van der Waals surface area contributed by atoms with Crippen molar-refractivity contribution in [2.45, 2.75) is 0 Å². The van der Waals surface area contributed by atoms with E-state index in [1.807, 2.05) is 0 Å². The van der Waals surface area contributed by atoms with Gasteiger partial charge in [0, 0.05) is 5.56 Å². The highest BCUT2D eigenvalue weighted by Crippen LogP contribution is 2.39. The summed E-state index contributed by atoms with van der Waals surface area (Å²) < 4.78 is 26.0. The number of hydrogen-bond donors (Lipinski definition) is 1. The van der Waals surface area contributed by atoms with Crippen LogP contribution in [-0.4, -0.2) is 44.5 Å². The van der Waals surface area contributed by atoms with Crippen LogP contribution in [0.3, 0.4) is 0 Å². The first-order valence-electron chi connectivity index (χ1n) is 8.79. The van der Waals surface area contributed by atoms with Gasteiger partial charge >= 0.3 is 5.97 Å². The Morgan fingerprint density at radius 3 is 2.45 bits per heavy atom. The molecule has 29 heavy (non-hydrogen) atoms. The van der Waals surface area contributed by atoms with Crippen molar-refractivity contribution < 1.29 is 38.4 Å². The van der Waals surface area contributed by atoms with Gasteiger partial charge in [0.25, 0.3) is 0 Å². The zero-order valence-corrected chi connectivity index (χ0v) is 15.8. The Kier molecular flexibility index (Phi) is 4.75. The van der Waals surface area contributed by atoms with E-state index in [4.69, 9.17) is 23.7 Å². The van der Waals surface area contributed by atoms with Crippen LogP contribution in [-0.2, 0) is 9.53 Å². The van der Waals surface area contributed by atoms with Gasteiger partial charge in [0.05, 0.1) is 25.7 Å². The first-order valence-corrected chi connectivity index (χ1v) is 8.79. The predicted molar refractivity (Wildman–Crippen MR) is 101 cm³/mol. The average molecular weight is 398 g/mol. The number of ether oxygens (including phenoxy) is 5. The van der Waals surface area contributed by atoms with Crippen molar-refractivity contribution in [2.24, 2.45) is 5.92 Å². The lowest BCUT2D eigenvalue weighted by Gasteiger charge is -2.11. The molecule has 1 N–H and O–H groups in total. The van der Waals surface area contributed by atoms with Crippen molar-refractivity contribution in [1.29, 1.82) is 0 Å². The van der Waals surface area contributed by atoms with Crippen LogP contribution in [0.25, 0.3) is 6.08 Å². The van der Waals surface area contributed by atoms with Gasteiger partial charge < -0.3 is 28.8 Å². The van der Waals surface area contributed by atoms with Crippen molar-refractivity contribution in [3.63, 3.8) is 0 Å². The molecule has 1 atom stereocenters. The minimum Gasteiger partial charge on any atom is -0.502 e. The van der Waals surface area contributed by atoms with Gasteiger partial charge in [-0.25, -0.2) is 4.79 Å². The number of phenols is 1. The zero-order valence-electron chi connectivity index (χ0n) is 15.8. The Morgan fingerprint density at radius 1 is 1.07 bits per heavy atom. The molecule has 1 saturated heterocycles. The second kappa shape index (κ2) is 7.38. The molecule has 2 aliphatic rings. The molecule has 8 heteroatoms. The Labute approximate surface area is 166 Å². The van der Waals surface area contributed by atoms with Crippen molar-refractivity contribution >= 4 is 17.8 Å². The number of benzene rings is 2. The van der Waals surface area contributed by atoms with Crippen molar-refractivity contribution in [1.82, 2.24) is 0 Å². The summed E-state index contributed by atoms with van der Waals surface area (Å²) in [7, 11) is 2.81. The predicted octanol–water partition coefficient (Wildman–Crippen LogP) is 2.58. The first-order chi connectivity index (χ1) is 14.0. The van der Waals surface area contributed by atoms with Crippen LogP contribution < -0.4 is 18.9 Å². The van der Waals surface area contributed by atoms with Gasteiger partial charge in [0.2, 0.25) is 12.5 Å². The fourth-order valence-corrected chi connectivity index (χ4v) is 3.28. The molecule has 2 heterocycles. The number of esters is 1. The second-order valence-corrected chi connectivity index (χ2v) is 6.46. The van der Waals surface area contributed by atoms with E-state index in [2.05, 4.69) is 0 Å². The van der Waals surface area contributed by atoms with Gasteiger partial charge in [-0.1, -0.05) is 0 Å². The van der Waals surface area contributed by atoms with Gasteiger partial charge in [-0.05, 0) is 42.0 Å². The van der Waals surface area contributed by atoms with Crippen LogP contribution in [0.5, 0.6) is 28.7 Å². The standard InChI is InChI=1S/C21H18O8/c1-25-17-6-11(7-18(26-2)20(17)23)5-13-14(9-27-21(13)24)19(22)12-3-4-15-16(8-12)29-10-28-15/h3-8,14,23H,9-10H2,1-2H3/b13-5+. The van der Waals surface area contributed by atoms with Gasteiger partial charge in [-0.15, -0.1) is 0 Å². The molecule has 0 aromatic heterocycles. The number of carbonyl (C=O) groups is 2. The molecule has 150 valence electrons. The van der Waals surface area contributed by atoms with Crippen LogP contribution in [0.15, 0.2) is 35.9 Å². The lowest BCUT2D eigenvalue weighted by molar-refractivity contribution is -0.135. The van der Waals surface area contributed by atoms with E-state index in [1.54, 1.807) is 30.3 Å². The number of fused-ring (bicyclic) bond motifs is 1. The van der Waals surface area contributed by atoms with E-state index < -0.39 is 11.9 Å². The number of carbonyl (C=O) groups excluding carboxylic acids is 2. The van der Waals surface area contributed by atoms with E-state index in [0.29, 0.717) is 22.6 Å². The summed E-state index contributed by atoms with van der Waals surface area (Å²) in [5.74, 6) is -0.345. The van der Waals surface area contributed by atoms with Gasteiger partial charge in [-0.3, -0.25) is 4.79 Å². The molecule has 2 aromatic carbocycles. The van der Waals surface area contributed by atoms with E-state index >= 15 is 0 Å². The number of cyclic esters (lactones) is 1. The zero-order chi connectivity index (χ0) is 20.5. The summed E-state index contributed by atoms with van der Waals surface area (Å²) >= 11 is 0. The molecule has 0 radical (unpaired) electrons. The Bertz CT molecular complexity index is 998. The molecule has 1 fully saturated rings. The Balaban J connectivity index is 1.69. The lowest BCUT2D eigenvalue weighted by atomic mass is 9.91. The fraction of sp³-hybridized carbons (Fsp3) is 0.238. The molecule has 4 rings (SSSR count). The first kappa shape index (κ1) is 18.7. The average Bonchev–Trinajstić information content (AvgIpc) is 3.34. The summed E-state index contributed by atoms with van der Waals surface area (Å²) in [5.41, 5.74) is 1.13. The minimum atomic E-state index is -0.770. The number of Topliss-reactive ketones (excluding diaryl/α,β-unsaturated/α-hetero) is 1. The number of hydrogen-bond acceptors (Lipinski definition) is 8. The van der Waals surface area contributed by atoms with E-state index in [1.165, 1.54) is 20.3 Å². The third kappa shape index (κ3) is 3.33. The highest BCUT2D eigenvalue weighted by Gasteiger charge is 2.37. The van der Waals surface area contributed by atoms with Gasteiger partial charge in [-0.2, -0.15) is 0 Å². The molecular formula is C21H18O8. The van der Waals surface area contributed by atoms with Crippen LogP contribution in [0.4, 0.5) is 0 Å². The van der Waals surface area contributed by atoms with Crippen LogP contribution in [0, 0.1) is 5.92 Å². The molecule has 0 amide bonds. The number of phenolic OH excluding ortho intramolecular Hbond substituents is 1. The topological polar surface area (TPSA) is 101 Å². The maximum atomic E-state index is 13.0. The van der Waals surface area contributed by atoms with E-state index in [9.17, 15) is 14.7 Å². The molecule has 2 aliphatic heterocycles. The number of aromatic hydroxyl groups is 1. The lowest BCUT2D eigenvalue weighted by Crippen LogP contribution is -2.17. The summed E-state index contributed by atoms with van der Waals surface area (Å²) in [4.78, 5) is 25.3. The molecule has 0 spiro atoms. The van der Waals surface area contributed by atoms with Crippen molar-refractivity contribution in [3.8, 4) is 28.7 Å². The maximum absolute atomic E-state index is 13.0. The quantitative estimate of drug-likeness (QED) is 0.466. The highest BCUT2D eigenvalue weighted by molar-refractivity contribution is 6.09. The largest absolute Gasteiger partial charge is 0.502 e. The molecule has 0 aliphatic carbocycles. The summed E-state index contributed by atoms with van der Waals surface area (Å²) in [5, 5.41) is 10.1. The van der Waals surface area contributed by atoms with Gasteiger partial charge in [0.1, 0.15) is 6.61 Å². The SMILES string of the molecule is COc1cc(/C=C2/C(=O)OCC2C(=O)c2ccc3c(c2)OCO3)cc(OC)c1O. The highest BCUT2D eigenvalue weighted by atomic mass is 16.7. The monoisotopic (exact) mass is 398 g/mol. The number of methoxy groups -OCH3 is 2. The maximum Gasteiger partial charge on any atom is 0.334 e. The molecule has 0 bridgehead atoms. The van der Waals surface area contributed by atoms with Crippen molar-refractivity contribution in [2.75, 3.05) is 27.6 Å². The third-order valence-electron chi connectivity index (χ3n) is 4.79. The second-order valence-electron chi connectivity index (χ2n) is 6.46. The van der Waals surface area contributed by atoms with Crippen LogP contribution >= 0.6 is 0 Å². The molecule has 1 unspecified atom stereocenters. The normalized spacial score (nSPS) is 18.6. The Morgan fingerprint density at radius 2 is 1.76 bits per heavy atom. The number of rotatable bonds is 5. The van der Waals surface area contributed by atoms with Crippen LogP contribution in [0.2, 0.25) is 0 Å². The van der Waals surface area contributed by atoms with E-state index in [-0.39, 0.29) is 42.0 Å². The summed E-state index contributed by atoms with van der Waals surface area (Å²) in [6.45, 7) is 0.0535. The smallest absolute Gasteiger partial charge is 0.334 e.